The standard InChI is InChI=1S/C37H35N3O6/c1-44-33-23-22-26(24-32(33)41)36(46-37(43)40-30-19-11-13-25-12-5-6-16-28(25)30)34(45-27-14-3-2-4-15-27)20-9-10-21-35(42)39-31-18-8-7-17-29(31)38/h2-8,10-19,21-24,34,36,41H,9,20,38H2,1H3,(H,39,42)(H,40,43)/b21-10+/t34-,36-/m0/s1. The van der Waals surface area contributed by atoms with Gasteiger partial charge in [-0.15, -0.1) is 0 Å². The number of phenolic OH excluding ortho intramolecular Hbond substituents is 1. The topological polar surface area (TPSA) is 132 Å². The molecule has 0 aromatic heterocycles. The Balaban J connectivity index is 1.40. The van der Waals surface area contributed by atoms with Crippen LogP contribution >= 0.6 is 0 Å². The van der Waals surface area contributed by atoms with E-state index in [9.17, 15) is 14.7 Å². The first-order valence-corrected chi connectivity index (χ1v) is 14.8. The maximum atomic E-state index is 13.5. The molecule has 5 aromatic rings. The van der Waals surface area contributed by atoms with Gasteiger partial charge in [-0.3, -0.25) is 10.1 Å². The average Bonchev–Trinajstić information content (AvgIpc) is 3.07. The number of hydrogen-bond donors (Lipinski definition) is 4. The highest BCUT2D eigenvalue weighted by Gasteiger charge is 2.30. The smallest absolute Gasteiger partial charge is 0.412 e. The number of anilines is 3. The number of ether oxygens (including phenoxy) is 3. The highest BCUT2D eigenvalue weighted by molar-refractivity contribution is 6.01. The Morgan fingerprint density at radius 3 is 2.35 bits per heavy atom. The summed E-state index contributed by atoms with van der Waals surface area (Å²) in [7, 11) is 1.45. The van der Waals surface area contributed by atoms with Crippen LogP contribution in [0.1, 0.15) is 24.5 Å². The molecule has 46 heavy (non-hydrogen) atoms. The predicted molar refractivity (Wildman–Crippen MR) is 180 cm³/mol. The molecule has 0 bridgehead atoms. The second kappa shape index (κ2) is 15.2. The van der Waals surface area contributed by atoms with Crippen molar-refractivity contribution >= 4 is 39.8 Å². The monoisotopic (exact) mass is 617 g/mol. The Labute approximate surface area is 267 Å². The Morgan fingerprint density at radius 1 is 0.848 bits per heavy atom. The molecule has 0 saturated heterocycles. The number of rotatable bonds is 12. The van der Waals surface area contributed by atoms with Gasteiger partial charge in [0, 0.05) is 10.9 Å². The fourth-order valence-corrected chi connectivity index (χ4v) is 5.01. The molecule has 0 heterocycles. The summed E-state index contributed by atoms with van der Waals surface area (Å²) < 4.78 is 17.7. The zero-order chi connectivity index (χ0) is 32.3. The minimum absolute atomic E-state index is 0.113. The van der Waals surface area contributed by atoms with Crippen molar-refractivity contribution in [1.82, 2.24) is 0 Å². The second-order valence-electron chi connectivity index (χ2n) is 10.4. The van der Waals surface area contributed by atoms with E-state index in [2.05, 4.69) is 10.6 Å². The number of amides is 2. The lowest BCUT2D eigenvalue weighted by Gasteiger charge is -2.28. The second-order valence-corrected chi connectivity index (χ2v) is 10.4. The van der Waals surface area contributed by atoms with E-state index < -0.39 is 18.3 Å². The quantitative estimate of drug-likeness (QED) is 0.0828. The van der Waals surface area contributed by atoms with E-state index in [1.807, 2.05) is 54.6 Å². The van der Waals surface area contributed by atoms with Crippen LogP contribution in [0.4, 0.5) is 21.9 Å². The fourth-order valence-electron chi connectivity index (χ4n) is 5.01. The highest BCUT2D eigenvalue weighted by Crippen LogP contribution is 2.35. The normalized spacial score (nSPS) is 12.3. The maximum absolute atomic E-state index is 13.5. The molecule has 2 amide bonds. The Bertz CT molecular complexity index is 1820. The van der Waals surface area contributed by atoms with Crippen molar-refractivity contribution in [1.29, 1.82) is 0 Å². The number of fused-ring (bicyclic) bond motifs is 1. The number of nitrogens with two attached hydrogens (primary N) is 1. The van der Waals surface area contributed by atoms with Gasteiger partial charge < -0.3 is 30.4 Å². The summed E-state index contributed by atoms with van der Waals surface area (Å²) in [6, 6.07) is 34.3. The van der Waals surface area contributed by atoms with Crippen molar-refractivity contribution in [3.05, 3.63) is 133 Å². The van der Waals surface area contributed by atoms with Gasteiger partial charge in [0.1, 0.15) is 11.9 Å². The third-order valence-corrected chi connectivity index (χ3v) is 7.27. The van der Waals surface area contributed by atoms with E-state index in [0.29, 0.717) is 41.2 Å². The third-order valence-electron chi connectivity index (χ3n) is 7.27. The van der Waals surface area contributed by atoms with Crippen LogP contribution in [0.2, 0.25) is 0 Å². The van der Waals surface area contributed by atoms with Crippen molar-refractivity contribution in [3.63, 3.8) is 0 Å². The van der Waals surface area contributed by atoms with E-state index in [1.54, 1.807) is 60.7 Å². The molecule has 0 aliphatic heterocycles. The lowest BCUT2D eigenvalue weighted by Crippen LogP contribution is -2.31. The van der Waals surface area contributed by atoms with Crippen LogP contribution in [0, 0.1) is 0 Å². The number of para-hydroxylation sites is 3. The number of aromatic hydroxyl groups is 1. The highest BCUT2D eigenvalue weighted by atomic mass is 16.6. The van der Waals surface area contributed by atoms with E-state index in [0.717, 1.165) is 10.8 Å². The summed E-state index contributed by atoms with van der Waals surface area (Å²) in [5, 5.41) is 18.1. The van der Waals surface area contributed by atoms with E-state index in [1.165, 1.54) is 19.3 Å². The van der Waals surface area contributed by atoms with Crippen LogP contribution in [0.3, 0.4) is 0 Å². The lowest BCUT2D eigenvalue weighted by atomic mass is 9.99. The molecule has 5 N–H and O–H groups in total. The summed E-state index contributed by atoms with van der Waals surface area (Å²) in [5.74, 6) is 0.393. The number of hydrogen-bond acceptors (Lipinski definition) is 7. The van der Waals surface area contributed by atoms with Crippen LogP contribution in [-0.2, 0) is 9.53 Å². The minimum Gasteiger partial charge on any atom is -0.504 e. The van der Waals surface area contributed by atoms with Gasteiger partial charge in [0.05, 0.1) is 24.2 Å². The zero-order valence-corrected chi connectivity index (χ0v) is 25.3. The molecule has 9 nitrogen and oxygen atoms in total. The SMILES string of the molecule is COc1ccc([C@H](OC(=O)Nc2cccc3ccccc23)[C@H](CC/C=C/C(=O)Nc2ccccc2N)Oc2ccccc2)cc1O. The molecule has 5 aromatic carbocycles. The van der Waals surface area contributed by atoms with Gasteiger partial charge >= 0.3 is 6.09 Å². The first kappa shape index (κ1) is 31.5. The number of nitrogen functional groups attached to an aromatic ring is 1. The molecular formula is C37H35N3O6. The molecule has 9 heteroatoms. The van der Waals surface area contributed by atoms with Gasteiger partial charge in [-0.05, 0) is 66.8 Å². The van der Waals surface area contributed by atoms with Gasteiger partial charge in [0.15, 0.2) is 17.6 Å². The first-order chi connectivity index (χ1) is 22.4. The van der Waals surface area contributed by atoms with E-state index in [4.69, 9.17) is 19.9 Å². The van der Waals surface area contributed by atoms with Gasteiger partial charge in [0.2, 0.25) is 5.91 Å². The van der Waals surface area contributed by atoms with E-state index >= 15 is 0 Å². The summed E-state index contributed by atoms with van der Waals surface area (Å²) in [6.07, 6.45) is 1.52. The fraction of sp³-hybridized carbons (Fsp3) is 0.135. The summed E-state index contributed by atoms with van der Waals surface area (Å²) in [6.45, 7) is 0. The molecule has 5 rings (SSSR count). The maximum Gasteiger partial charge on any atom is 0.412 e. The molecule has 2 atom stereocenters. The number of allylic oxidation sites excluding steroid dienone is 1. The van der Waals surface area contributed by atoms with Crippen LogP contribution < -0.4 is 25.8 Å². The molecule has 0 unspecified atom stereocenters. The largest absolute Gasteiger partial charge is 0.504 e. The predicted octanol–water partition coefficient (Wildman–Crippen LogP) is 7.85. The number of nitrogens with one attached hydrogen (secondary N) is 2. The van der Waals surface area contributed by atoms with Crippen molar-refractivity contribution in [2.45, 2.75) is 25.0 Å². The molecule has 0 radical (unpaired) electrons. The van der Waals surface area contributed by atoms with Crippen LogP contribution in [0.5, 0.6) is 17.2 Å². The average molecular weight is 618 g/mol. The van der Waals surface area contributed by atoms with Crippen molar-refractivity contribution < 1.29 is 28.9 Å². The number of benzene rings is 5. The zero-order valence-electron chi connectivity index (χ0n) is 25.3. The number of methoxy groups -OCH3 is 1. The van der Waals surface area contributed by atoms with Gasteiger partial charge in [-0.2, -0.15) is 0 Å². The van der Waals surface area contributed by atoms with E-state index in [-0.39, 0.29) is 17.4 Å². The van der Waals surface area contributed by atoms with Crippen LogP contribution in [0.25, 0.3) is 10.8 Å². The minimum atomic E-state index is -0.960. The van der Waals surface area contributed by atoms with Gasteiger partial charge in [-0.25, -0.2) is 4.79 Å². The van der Waals surface area contributed by atoms with Crippen LogP contribution in [0.15, 0.2) is 127 Å². The first-order valence-electron chi connectivity index (χ1n) is 14.8. The number of carbonyl (C=O) groups excluding carboxylic acids is 2. The van der Waals surface area contributed by atoms with Crippen LogP contribution in [-0.4, -0.2) is 30.3 Å². The van der Waals surface area contributed by atoms with Crippen molar-refractivity contribution in [2.24, 2.45) is 0 Å². The van der Waals surface area contributed by atoms with Gasteiger partial charge in [0.25, 0.3) is 0 Å². The summed E-state index contributed by atoms with van der Waals surface area (Å²) in [5.41, 5.74) is 8.01. The van der Waals surface area contributed by atoms with Gasteiger partial charge in [-0.1, -0.05) is 78.9 Å². The van der Waals surface area contributed by atoms with Crippen molar-refractivity contribution in [3.8, 4) is 17.2 Å². The van der Waals surface area contributed by atoms with Crippen molar-refractivity contribution in [2.75, 3.05) is 23.5 Å². The molecule has 0 aliphatic rings. The third kappa shape index (κ3) is 8.15. The number of carbonyl (C=O) groups is 2. The Hall–Kier alpha value is -5.96. The molecule has 0 aliphatic carbocycles. The molecule has 0 saturated carbocycles. The Kier molecular flexibility index (Phi) is 10.4. The molecular weight excluding hydrogens is 582 g/mol. The Morgan fingerprint density at radius 2 is 1.57 bits per heavy atom. The molecule has 0 spiro atoms. The molecule has 234 valence electrons. The number of phenols is 1. The molecule has 0 fully saturated rings. The summed E-state index contributed by atoms with van der Waals surface area (Å²) >= 11 is 0. The summed E-state index contributed by atoms with van der Waals surface area (Å²) in [4.78, 5) is 26.0. The lowest BCUT2D eigenvalue weighted by molar-refractivity contribution is -0.111.